The average Bonchev–Trinajstić information content (AvgIpc) is 3.22. The van der Waals surface area contributed by atoms with E-state index in [4.69, 9.17) is 9.47 Å². The number of hydrogen-bond donors (Lipinski definition) is 1. The zero-order valence-corrected chi connectivity index (χ0v) is 20.0. The van der Waals surface area contributed by atoms with Gasteiger partial charge in [0.15, 0.2) is 6.61 Å². The van der Waals surface area contributed by atoms with Crippen molar-refractivity contribution >= 4 is 29.2 Å². The summed E-state index contributed by atoms with van der Waals surface area (Å²) in [4.78, 5) is 38.7. The zero-order valence-electron chi connectivity index (χ0n) is 20.0. The molecule has 3 aromatic carbocycles. The van der Waals surface area contributed by atoms with Gasteiger partial charge in [-0.1, -0.05) is 18.2 Å². The maximum absolute atomic E-state index is 12.6. The van der Waals surface area contributed by atoms with Crippen LogP contribution in [0, 0.1) is 26.7 Å². The van der Waals surface area contributed by atoms with Crippen LogP contribution in [0.3, 0.4) is 0 Å². The topological polar surface area (TPSA) is 84.9 Å². The third-order valence-electron chi connectivity index (χ3n) is 5.97. The van der Waals surface area contributed by atoms with Gasteiger partial charge in [0.05, 0.1) is 5.92 Å². The Morgan fingerprint density at radius 2 is 1.69 bits per heavy atom. The van der Waals surface area contributed by atoms with Gasteiger partial charge in [-0.15, -0.1) is 0 Å². The van der Waals surface area contributed by atoms with Crippen molar-refractivity contribution in [1.82, 2.24) is 0 Å². The van der Waals surface area contributed by atoms with E-state index in [1.54, 1.807) is 35.2 Å². The summed E-state index contributed by atoms with van der Waals surface area (Å²) in [6, 6.07) is 20.4. The SMILES string of the molecule is Cc1cccc(NC(=O)COC(=O)[C@H]2CC(=O)N(c3ccc(Oc4ccc(C)c(C)c4)cc3)C2)c1. The van der Waals surface area contributed by atoms with Crippen molar-refractivity contribution in [2.24, 2.45) is 5.92 Å². The maximum Gasteiger partial charge on any atom is 0.311 e. The largest absolute Gasteiger partial charge is 0.457 e. The van der Waals surface area contributed by atoms with Gasteiger partial charge in [-0.25, -0.2) is 0 Å². The Bertz CT molecular complexity index is 1250. The molecule has 4 rings (SSSR count). The molecule has 0 spiro atoms. The number of nitrogens with one attached hydrogen (secondary N) is 1. The summed E-state index contributed by atoms with van der Waals surface area (Å²) in [5.74, 6) is -0.384. The summed E-state index contributed by atoms with van der Waals surface area (Å²) in [6.07, 6.45) is 0.0409. The van der Waals surface area contributed by atoms with Gasteiger partial charge in [-0.3, -0.25) is 14.4 Å². The molecular weight excluding hydrogens is 444 g/mol. The van der Waals surface area contributed by atoms with E-state index in [1.807, 2.05) is 57.2 Å². The van der Waals surface area contributed by atoms with E-state index >= 15 is 0 Å². The van der Waals surface area contributed by atoms with Crippen molar-refractivity contribution in [3.63, 3.8) is 0 Å². The molecule has 1 N–H and O–H groups in total. The molecule has 0 aromatic heterocycles. The van der Waals surface area contributed by atoms with E-state index in [0.29, 0.717) is 17.1 Å². The molecule has 1 atom stereocenters. The Morgan fingerprint density at radius 1 is 0.943 bits per heavy atom. The highest BCUT2D eigenvalue weighted by molar-refractivity contribution is 6.00. The number of anilines is 2. The van der Waals surface area contributed by atoms with E-state index in [1.165, 1.54) is 5.56 Å². The van der Waals surface area contributed by atoms with Gasteiger partial charge in [0.1, 0.15) is 11.5 Å². The molecule has 7 heteroatoms. The lowest BCUT2D eigenvalue weighted by molar-refractivity contribution is -0.151. The smallest absolute Gasteiger partial charge is 0.311 e. The highest BCUT2D eigenvalue weighted by Gasteiger charge is 2.36. The summed E-state index contributed by atoms with van der Waals surface area (Å²) in [5, 5.41) is 2.70. The van der Waals surface area contributed by atoms with E-state index in [0.717, 1.165) is 16.9 Å². The minimum absolute atomic E-state index is 0.0409. The van der Waals surface area contributed by atoms with Crippen LogP contribution < -0.4 is 15.0 Å². The first-order valence-corrected chi connectivity index (χ1v) is 11.5. The van der Waals surface area contributed by atoms with E-state index in [-0.39, 0.29) is 18.9 Å². The molecule has 1 aliphatic heterocycles. The normalized spacial score (nSPS) is 15.1. The van der Waals surface area contributed by atoms with Crippen molar-refractivity contribution in [2.75, 3.05) is 23.4 Å². The Labute approximate surface area is 204 Å². The second kappa shape index (κ2) is 10.4. The van der Waals surface area contributed by atoms with Gasteiger partial charge in [-0.2, -0.15) is 0 Å². The Hall–Kier alpha value is -4.13. The van der Waals surface area contributed by atoms with Crippen molar-refractivity contribution in [1.29, 1.82) is 0 Å². The molecule has 1 saturated heterocycles. The second-order valence-corrected chi connectivity index (χ2v) is 8.77. The molecule has 0 radical (unpaired) electrons. The van der Waals surface area contributed by atoms with Crippen LogP contribution in [0.5, 0.6) is 11.5 Å². The molecule has 2 amide bonds. The summed E-state index contributed by atoms with van der Waals surface area (Å²) < 4.78 is 11.1. The quantitative estimate of drug-likeness (QED) is 0.493. The lowest BCUT2D eigenvalue weighted by Crippen LogP contribution is -2.28. The standard InChI is InChI=1S/C28H28N2O5/c1-18-5-4-6-22(13-18)29-26(31)17-34-28(33)21-15-27(32)30(16-21)23-8-11-24(12-9-23)35-25-10-7-19(2)20(3)14-25/h4-14,21H,15-17H2,1-3H3,(H,29,31)/t21-/m0/s1. The number of rotatable bonds is 7. The van der Waals surface area contributed by atoms with Gasteiger partial charge in [0.25, 0.3) is 5.91 Å². The number of amides is 2. The molecule has 0 saturated carbocycles. The molecular formula is C28H28N2O5. The lowest BCUT2D eigenvalue weighted by Gasteiger charge is -2.17. The fourth-order valence-electron chi connectivity index (χ4n) is 3.90. The minimum atomic E-state index is -0.624. The highest BCUT2D eigenvalue weighted by Crippen LogP contribution is 2.29. The minimum Gasteiger partial charge on any atom is -0.457 e. The Balaban J connectivity index is 1.30. The maximum atomic E-state index is 12.6. The van der Waals surface area contributed by atoms with Crippen molar-refractivity contribution in [3.8, 4) is 11.5 Å². The molecule has 1 aliphatic rings. The predicted molar refractivity (Wildman–Crippen MR) is 134 cm³/mol. The van der Waals surface area contributed by atoms with Crippen LogP contribution in [-0.4, -0.2) is 30.9 Å². The van der Waals surface area contributed by atoms with Gasteiger partial charge in [0.2, 0.25) is 5.91 Å². The highest BCUT2D eigenvalue weighted by atomic mass is 16.5. The molecule has 1 fully saturated rings. The molecule has 0 bridgehead atoms. The zero-order chi connectivity index (χ0) is 24.9. The number of hydrogen-bond acceptors (Lipinski definition) is 5. The van der Waals surface area contributed by atoms with Crippen molar-refractivity contribution in [2.45, 2.75) is 27.2 Å². The molecule has 1 heterocycles. The third-order valence-corrected chi connectivity index (χ3v) is 5.97. The van der Waals surface area contributed by atoms with Gasteiger partial charge in [-0.05, 0) is 86.0 Å². The molecule has 35 heavy (non-hydrogen) atoms. The van der Waals surface area contributed by atoms with Crippen LogP contribution in [0.2, 0.25) is 0 Å². The average molecular weight is 473 g/mol. The van der Waals surface area contributed by atoms with Crippen molar-refractivity contribution in [3.05, 3.63) is 83.4 Å². The van der Waals surface area contributed by atoms with Crippen LogP contribution in [0.1, 0.15) is 23.1 Å². The van der Waals surface area contributed by atoms with Crippen LogP contribution in [-0.2, 0) is 19.1 Å². The molecule has 180 valence electrons. The van der Waals surface area contributed by atoms with Crippen molar-refractivity contribution < 1.29 is 23.9 Å². The Morgan fingerprint density at radius 3 is 2.40 bits per heavy atom. The summed E-state index contributed by atoms with van der Waals surface area (Å²) in [7, 11) is 0. The molecule has 0 aliphatic carbocycles. The number of carbonyl (C=O) groups excluding carboxylic acids is 3. The predicted octanol–water partition coefficient (Wildman–Crippen LogP) is 4.94. The van der Waals surface area contributed by atoms with Crippen LogP contribution in [0.4, 0.5) is 11.4 Å². The first kappa shape index (κ1) is 24.0. The number of benzene rings is 3. The fraction of sp³-hybridized carbons (Fsp3) is 0.250. The summed E-state index contributed by atoms with van der Waals surface area (Å²) in [6.45, 7) is 5.80. The fourth-order valence-corrected chi connectivity index (χ4v) is 3.90. The van der Waals surface area contributed by atoms with Gasteiger partial charge >= 0.3 is 5.97 Å². The Kier molecular flexibility index (Phi) is 7.15. The monoisotopic (exact) mass is 472 g/mol. The van der Waals surface area contributed by atoms with Gasteiger partial charge in [0, 0.05) is 24.3 Å². The first-order chi connectivity index (χ1) is 16.8. The number of carbonyl (C=O) groups is 3. The summed E-state index contributed by atoms with van der Waals surface area (Å²) >= 11 is 0. The molecule has 3 aromatic rings. The van der Waals surface area contributed by atoms with Crippen LogP contribution in [0.25, 0.3) is 0 Å². The van der Waals surface area contributed by atoms with E-state index < -0.39 is 24.4 Å². The third kappa shape index (κ3) is 6.06. The molecule has 0 unspecified atom stereocenters. The van der Waals surface area contributed by atoms with Crippen LogP contribution in [0.15, 0.2) is 66.7 Å². The number of ether oxygens (including phenoxy) is 2. The first-order valence-electron chi connectivity index (χ1n) is 11.5. The van der Waals surface area contributed by atoms with E-state index in [9.17, 15) is 14.4 Å². The number of esters is 1. The summed E-state index contributed by atoms with van der Waals surface area (Å²) in [5.41, 5.74) is 4.66. The van der Waals surface area contributed by atoms with Crippen LogP contribution >= 0.6 is 0 Å². The second-order valence-electron chi connectivity index (χ2n) is 8.77. The van der Waals surface area contributed by atoms with Gasteiger partial charge < -0.3 is 19.7 Å². The lowest BCUT2D eigenvalue weighted by atomic mass is 10.1. The molecule has 7 nitrogen and oxygen atoms in total. The number of nitrogens with zero attached hydrogens (tertiary/aromatic N) is 1. The van der Waals surface area contributed by atoms with E-state index in [2.05, 4.69) is 5.32 Å². The number of aryl methyl sites for hydroxylation is 3.